The molecule has 0 spiro atoms. The topological polar surface area (TPSA) is 42.2 Å². The molecule has 0 N–H and O–H groups in total. The molecule has 0 aliphatic carbocycles. The van der Waals surface area contributed by atoms with Crippen molar-refractivity contribution in [1.82, 2.24) is 0 Å². The van der Waals surface area contributed by atoms with Crippen LogP contribution in [0.1, 0.15) is 33.3 Å². The SMILES string of the molecule is CC1(C)OB(c2cccc(-c3ccccc3)c2C#N)OC1(C)C. The van der Waals surface area contributed by atoms with Crippen LogP contribution in [0, 0.1) is 11.3 Å². The minimum atomic E-state index is -0.529. The molecule has 1 saturated heterocycles. The largest absolute Gasteiger partial charge is 0.496 e. The number of nitriles is 1. The van der Waals surface area contributed by atoms with Gasteiger partial charge >= 0.3 is 7.12 Å². The van der Waals surface area contributed by atoms with E-state index in [1.807, 2.05) is 76.2 Å². The third-order valence-electron chi connectivity index (χ3n) is 4.80. The van der Waals surface area contributed by atoms with E-state index in [-0.39, 0.29) is 0 Å². The average Bonchev–Trinajstić information content (AvgIpc) is 2.75. The van der Waals surface area contributed by atoms with Crippen LogP contribution in [0.25, 0.3) is 11.1 Å². The normalized spacial score (nSPS) is 18.7. The van der Waals surface area contributed by atoms with Gasteiger partial charge in [0.1, 0.15) is 0 Å². The maximum Gasteiger partial charge on any atom is 0.496 e. The first-order chi connectivity index (χ1) is 10.9. The van der Waals surface area contributed by atoms with Gasteiger partial charge in [0.15, 0.2) is 0 Å². The van der Waals surface area contributed by atoms with E-state index in [9.17, 15) is 5.26 Å². The summed E-state index contributed by atoms with van der Waals surface area (Å²) in [6, 6.07) is 18.1. The fourth-order valence-electron chi connectivity index (χ4n) is 2.72. The smallest absolute Gasteiger partial charge is 0.399 e. The molecular weight excluding hydrogens is 285 g/mol. The van der Waals surface area contributed by atoms with Crippen LogP contribution in [0.15, 0.2) is 48.5 Å². The van der Waals surface area contributed by atoms with E-state index >= 15 is 0 Å². The summed E-state index contributed by atoms with van der Waals surface area (Å²) in [5, 5.41) is 9.72. The third kappa shape index (κ3) is 2.67. The van der Waals surface area contributed by atoms with Crippen LogP contribution >= 0.6 is 0 Å². The van der Waals surface area contributed by atoms with E-state index in [1.165, 1.54) is 0 Å². The molecule has 0 unspecified atom stereocenters. The standard InChI is InChI=1S/C19H20BNO2/c1-18(2)19(3,4)23-20(22-18)17-12-8-11-15(16(17)13-21)14-9-6-5-7-10-14/h5-12H,1-4H3. The van der Waals surface area contributed by atoms with Crippen LogP contribution in [0.3, 0.4) is 0 Å². The van der Waals surface area contributed by atoms with Crippen molar-refractivity contribution in [3.63, 3.8) is 0 Å². The van der Waals surface area contributed by atoms with Gasteiger partial charge in [0, 0.05) is 5.46 Å². The summed E-state index contributed by atoms with van der Waals surface area (Å²) in [4.78, 5) is 0. The first kappa shape index (κ1) is 15.8. The lowest BCUT2D eigenvalue weighted by Crippen LogP contribution is -2.41. The molecule has 116 valence electrons. The van der Waals surface area contributed by atoms with Gasteiger partial charge in [-0.25, -0.2) is 0 Å². The molecule has 2 aromatic carbocycles. The van der Waals surface area contributed by atoms with Crippen LogP contribution in [0.4, 0.5) is 0 Å². The summed E-state index contributed by atoms with van der Waals surface area (Å²) in [5.41, 5.74) is 2.47. The van der Waals surface area contributed by atoms with Gasteiger partial charge in [0.05, 0.1) is 22.8 Å². The van der Waals surface area contributed by atoms with Gasteiger partial charge in [-0.1, -0.05) is 48.5 Å². The Kier molecular flexibility index (Phi) is 3.79. The highest BCUT2D eigenvalue weighted by molar-refractivity contribution is 6.63. The van der Waals surface area contributed by atoms with E-state index in [0.717, 1.165) is 16.6 Å². The van der Waals surface area contributed by atoms with Crippen molar-refractivity contribution in [3.05, 3.63) is 54.1 Å². The fourth-order valence-corrected chi connectivity index (χ4v) is 2.72. The Morgan fingerprint density at radius 1 is 0.870 bits per heavy atom. The Balaban J connectivity index is 2.08. The molecule has 0 amide bonds. The highest BCUT2D eigenvalue weighted by atomic mass is 16.7. The Labute approximate surface area is 138 Å². The van der Waals surface area contributed by atoms with Gasteiger partial charge in [-0.2, -0.15) is 5.26 Å². The predicted molar refractivity (Wildman–Crippen MR) is 92.3 cm³/mol. The van der Waals surface area contributed by atoms with E-state index in [0.29, 0.717) is 5.56 Å². The van der Waals surface area contributed by atoms with Crippen LogP contribution in [0.5, 0.6) is 0 Å². The molecule has 0 aromatic heterocycles. The summed E-state index contributed by atoms with van der Waals surface area (Å²) in [6.45, 7) is 8.06. The number of rotatable bonds is 2. The first-order valence-corrected chi connectivity index (χ1v) is 7.80. The maximum absolute atomic E-state index is 9.72. The van der Waals surface area contributed by atoms with E-state index in [1.54, 1.807) is 0 Å². The van der Waals surface area contributed by atoms with Crippen LogP contribution in [0.2, 0.25) is 0 Å². The summed E-state index contributed by atoms with van der Waals surface area (Å²) < 4.78 is 12.2. The van der Waals surface area contributed by atoms with Crippen molar-refractivity contribution < 1.29 is 9.31 Å². The number of benzene rings is 2. The quantitative estimate of drug-likeness (QED) is 0.797. The molecule has 23 heavy (non-hydrogen) atoms. The van der Waals surface area contributed by atoms with Crippen molar-refractivity contribution in [2.75, 3.05) is 0 Å². The van der Waals surface area contributed by atoms with Crippen LogP contribution < -0.4 is 5.46 Å². The van der Waals surface area contributed by atoms with Gasteiger partial charge < -0.3 is 9.31 Å². The Morgan fingerprint density at radius 2 is 1.48 bits per heavy atom. The minimum Gasteiger partial charge on any atom is -0.399 e. The van der Waals surface area contributed by atoms with Crippen molar-refractivity contribution >= 4 is 12.6 Å². The molecule has 3 nitrogen and oxygen atoms in total. The number of nitrogens with zero attached hydrogens (tertiary/aromatic N) is 1. The van der Waals surface area contributed by atoms with Gasteiger partial charge in [0.25, 0.3) is 0 Å². The molecule has 1 heterocycles. The van der Waals surface area contributed by atoms with Gasteiger partial charge in [-0.15, -0.1) is 0 Å². The zero-order chi connectivity index (χ0) is 16.7. The lowest BCUT2D eigenvalue weighted by molar-refractivity contribution is 0.00578. The fraction of sp³-hybridized carbons (Fsp3) is 0.316. The maximum atomic E-state index is 9.72. The average molecular weight is 305 g/mol. The molecule has 1 aliphatic heterocycles. The Bertz CT molecular complexity index is 747. The molecule has 0 saturated carbocycles. The minimum absolute atomic E-state index is 0.423. The number of hydrogen-bond donors (Lipinski definition) is 0. The summed E-state index contributed by atoms with van der Waals surface area (Å²) in [7, 11) is -0.529. The van der Waals surface area contributed by atoms with Gasteiger partial charge in [0.2, 0.25) is 0 Å². The number of hydrogen-bond acceptors (Lipinski definition) is 3. The zero-order valence-electron chi connectivity index (χ0n) is 14.0. The molecule has 3 rings (SSSR count). The molecule has 1 fully saturated rings. The highest BCUT2D eigenvalue weighted by Crippen LogP contribution is 2.37. The second-order valence-electron chi connectivity index (χ2n) is 6.84. The van der Waals surface area contributed by atoms with Crippen molar-refractivity contribution in [2.45, 2.75) is 38.9 Å². The molecule has 2 aromatic rings. The van der Waals surface area contributed by atoms with Crippen molar-refractivity contribution in [1.29, 1.82) is 5.26 Å². The Morgan fingerprint density at radius 3 is 2.04 bits per heavy atom. The molecule has 1 aliphatic rings. The van der Waals surface area contributed by atoms with Crippen LogP contribution in [-0.2, 0) is 9.31 Å². The second kappa shape index (κ2) is 5.52. The van der Waals surface area contributed by atoms with Crippen molar-refractivity contribution in [3.8, 4) is 17.2 Å². The third-order valence-corrected chi connectivity index (χ3v) is 4.80. The monoisotopic (exact) mass is 305 g/mol. The summed E-state index contributed by atoms with van der Waals surface area (Å²) in [6.07, 6.45) is 0. The van der Waals surface area contributed by atoms with E-state index in [4.69, 9.17) is 9.31 Å². The molecule has 0 bridgehead atoms. The molecule has 0 radical (unpaired) electrons. The van der Waals surface area contributed by atoms with E-state index in [2.05, 4.69) is 6.07 Å². The second-order valence-corrected chi connectivity index (χ2v) is 6.84. The molecule has 0 atom stereocenters. The van der Waals surface area contributed by atoms with Crippen molar-refractivity contribution in [2.24, 2.45) is 0 Å². The summed E-state index contributed by atoms with van der Waals surface area (Å²) >= 11 is 0. The Hall–Kier alpha value is -2.09. The zero-order valence-corrected chi connectivity index (χ0v) is 14.0. The highest BCUT2D eigenvalue weighted by Gasteiger charge is 2.52. The molecule has 4 heteroatoms. The lowest BCUT2D eigenvalue weighted by Gasteiger charge is -2.32. The van der Waals surface area contributed by atoms with E-state index < -0.39 is 18.3 Å². The van der Waals surface area contributed by atoms with Gasteiger partial charge in [-0.3, -0.25) is 0 Å². The molecular formula is C19H20BNO2. The first-order valence-electron chi connectivity index (χ1n) is 7.80. The van der Waals surface area contributed by atoms with Crippen LogP contribution in [-0.4, -0.2) is 18.3 Å². The van der Waals surface area contributed by atoms with Gasteiger partial charge in [-0.05, 0) is 38.8 Å². The summed E-state index contributed by atoms with van der Waals surface area (Å²) in [5.74, 6) is 0. The predicted octanol–water partition coefficient (Wildman–Crippen LogP) is 3.52. The lowest BCUT2D eigenvalue weighted by atomic mass is 9.74.